The first-order chi connectivity index (χ1) is 14.0. The first-order valence-corrected chi connectivity index (χ1v) is 11.8. The van der Waals surface area contributed by atoms with E-state index in [1.807, 2.05) is 6.07 Å². The lowest BCUT2D eigenvalue weighted by molar-refractivity contribution is -0.141. The summed E-state index contributed by atoms with van der Waals surface area (Å²) >= 11 is 0. The molecule has 0 aromatic heterocycles. The normalized spacial score (nSPS) is 16.2. The number of nitrogens with one attached hydrogen (secondary N) is 1. The van der Waals surface area contributed by atoms with E-state index in [1.165, 1.54) is 11.8 Å². The van der Waals surface area contributed by atoms with E-state index in [0.717, 1.165) is 5.56 Å². The van der Waals surface area contributed by atoms with Crippen molar-refractivity contribution in [2.45, 2.75) is 39.7 Å². The van der Waals surface area contributed by atoms with E-state index in [-0.39, 0.29) is 36.4 Å². The van der Waals surface area contributed by atoms with Crippen LogP contribution in [0.25, 0.3) is 0 Å². The lowest BCUT2D eigenvalue weighted by atomic mass is 10.0. The molecule has 1 aliphatic rings. The summed E-state index contributed by atoms with van der Waals surface area (Å²) < 4.78 is 0. The molecular formula is C21H30N2O6P+. The molecule has 4 N–H and O–H groups in total. The smallest absolute Gasteiger partial charge is 0.317 e. The molecular weight excluding hydrogens is 407 g/mol. The molecule has 1 aliphatic heterocycles. The molecule has 2 amide bonds. The van der Waals surface area contributed by atoms with Gasteiger partial charge >= 0.3 is 13.7 Å². The molecule has 2 rings (SSSR count). The topological polar surface area (TPSA) is 127 Å². The molecule has 1 aromatic carbocycles. The zero-order valence-electron chi connectivity index (χ0n) is 17.5. The van der Waals surface area contributed by atoms with Crippen molar-refractivity contribution in [2.75, 3.05) is 12.7 Å². The van der Waals surface area contributed by atoms with Crippen LogP contribution >= 0.6 is 7.72 Å². The van der Waals surface area contributed by atoms with Crippen molar-refractivity contribution in [3.8, 4) is 0 Å². The van der Waals surface area contributed by atoms with E-state index in [2.05, 4.69) is 5.32 Å². The first kappa shape index (κ1) is 24.0. The Morgan fingerprint density at radius 3 is 2.33 bits per heavy atom. The van der Waals surface area contributed by atoms with Gasteiger partial charge in [0, 0.05) is 13.5 Å². The fourth-order valence-corrected chi connectivity index (χ4v) is 5.63. The number of carbonyl (C=O) groups excluding carboxylic acids is 2. The van der Waals surface area contributed by atoms with Crippen molar-refractivity contribution in [1.82, 2.24) is 10.2 Å². The Morgan fingerprint density at radius 2 is 1.80 bits per heavy atom. The fraction of sp³-hybridized carbons (Fsp3) is 0.476. The second kappa shape index (κ2) is 10.2. The maximum Gasteiger partial charge on any atom is 0.317 e. The highest BCUT2D eigenvalue weighted by Crippen LogP contribution is 2.61. The third-order valence-electron chi connectivity index (χ3n) is 5.03. The molecule has 164 valence electrons. The quantitative estimate of drug-likeness (QED) is 0.438. The Bertz CT molecular complexity index is 809. The van der Waals surface area contributed by atoms with Crippen LogP contribution in [-0.2, 0) is 20.8 Å². The average molecular weight is 437 g/mol. The van der Waals surface area contributed by atoms with Crippen LogP contribution in [0.15, 0.2) is 41.8 Å². The minimum absolute atomic E-state index is 0.0720. The Kier molecular flexibility index (Phi) is 8.12. The number of amides is 2. The predicted molar refractivity (Wildman–Crippen MR) is 114 cm³/mol. The van der Waals surface area contributed by atoms with Crippen LogP contribution in [-0.4, -0.2) is 56.3 Å². The second-order valence-corrected chi connectivity index (χ2v) is 10.2. The molecule has 0 bridgehead atoms. The van der Waals surface area contributed by atoms with E-state index in [1.54, 1.807) is 44.2 Å². The van der Waals surface area contributed by atoms with Crippen molar-refractivity contribution in [2.24, 2.45) is 11.8 Å². The molecule has 1 heterocycles. The highest BCUT2D eigenvalue weighted by atomic mass is 31.2. The molecule has 8 nitrogen and oxygen atoms in total. The van der Waals surface area contributed by atoms with Crippen LogP contribution in [0.2, 0.25) is 0 Å². The standard InChI is InChI=1S/C21H29N2O6P/c1-14(2)19(22-15(3)24)20(25)23-11-7-10-18(23)30(28,29)13-17(21(26)27)12-16-8-5-4-6-9-16/h4-6,8-10,14,17,19,28-29H,7,11-13H2,1-3H3,(H-,22,24,26,27)/p+1. The number of hydrogen-bond acceptors (Lipinski definition) is 5. The van der Waals surface area contributed by atoms with Crippen molar-refractivity contribution in [1.29, 1.82) is 0 Å². The number of benzene rings is 1. The Hall–Kier alpha value is -2.28. The SMILES string of the molecule is CC(=O)NC(C(=O)N1CCC=C1[P+](O)(O)CC(Cc1ccccc1)C(=O)O)C(C)C. The molecule has 0 fully saturated rings. The number of aliphatic carboxylic acids is 1. The van der Waals surface area contributed by atoms with Gasteiger partial charge in [-0.2, -0.15) is 0 Å². The van der Waals surface area contributed by atoms with Gasteiger partial charge < -0.3 is 10.4 Å². The minimum atomic E-state index is -3.88. The van der Waals surface area contributed by atoms with Gasteiger partial charge in [-0.3, -0.25) is 19.3 Å². The molecule has 2 unspecified atom stereocenters. The maximum atomic E-state index is 13.0. The Balaban J connectivity index is 2.20. The zero-order chi connectivity index (χ0) is 22.5. The van der Waals surface area contributed by atoms with Gasteiger partial charge in [0.05, 0.1) is 5.92 Å². The van der Waals surface area contributed by atoms with Crippen LogP contribution in [0.4, 0.5) is 0 Å². The van der Waals surface area contributed by atoms with Crippen molar-refractivity contribution in [3.05, 3.63) is 47.4 Å². The molecule has 0 aliphatic carbocycles. The highest BCUT2D eigenvalue weighted by molar-refractivity contribution is 7.68. The lowest BCUT2D eigenvalue weighted by Gasteiger charge is -2.29. The third kappa shape index (κ3) is 6.11. The van der Waals surface area contributed by atoms with Crippen molar-refractivity contribution in [3.63, 3.8) is 0 Å². The summed E-state index contributed by atoms with van der Waals surface area (Å²) in [6.45, 7) is 5.16. The molecule has 0 spiro atoms. The Morgan fingerprint density at radius 1 is 1.17 bits per heavy atom. The van der Waals surface area contributed by atoms with Crippen LogP contribution in [0, 0.1) is 11.8 Å². The van der Waals surface area contributed by atoms with E-state index >= 15 is 0 Å². The summed E-state index contributed by atoms with van der Waals surface area (Å²) in [5.41, 5.74) is 0.853. The predicted octanol–water partition coefficient (Wildman–Crippen LogP) is 2.00. The van der Waals surface area contributed by atoms with Crippen LogP contribution in [0.1, 0.15) is 32.8 Å². The fourth-order valence-electron chi connectivity index (χ4n) is 3.54. The van der Waals surface area contributed by atoms with Gasteiger partial charge in [-0.15, -0.1) is 0 Å². The summed E-state index contributed by atoms with van der Waals surface area (Å²) in [7, 11) is -3.88. The largest absolute Gasteiger partial charge is 0.481 e. The average Bonchev–Trinajstić information content (AvgIpc) is 3.16. The van der Waals surface area contributed by atoms with Crippen molar-refractivity contribution < 1.29 is 29.3 Å². The number of carboxylic acid groups (broad SMARTS) is 1. The number of nitrogens with zero attached hydrogens (tertiary/aromatic N) is 1. The van der Waals surface area contributed by atoms with Gasteiger partial charge in [-0.1, -0.05) is 44.2 Å². The summed E-state index contributed by atoms with van der Waals surface area (Å²) in [5.74, 6) is -3.11. The van der Waals surface area contributed by atoms with Crippen LogP contribution in [0.5, 0.6) is 0 Å². The maximum absolute atomic E-state index is 13.0. The number of carbonyl (C=O) groups is 3. The summed E-state index contributed by atoms with van der Waals surface area (Å²) in [5, 5.41) is 12.2. The number of hydrogen-bond donors (Lipinski definition) is 4. The van der Waals surface area contributed by atoms with Crippen LogP contribution in [0.3, 0.4) is 0 Å². The Labute approximate surface area is 177 Å². The molecule has 1 aromatic rings. The number of rotatable bonds is 9. The van der Waals surface area contributed by atoms with Crippen LogP contribution < -0.4 is 5.32 Å². The zero-order valence-corrected chi connectivity index (χ0v) is 18.4. The summed E-state index contributed by atoms with van der Waals surface area (Å²) in [4.78, 5) is 59.4. The third-order valence-corrected chi connectivity index (χ3v) is 7.14. The van der Waals surface area contributed by atoms with E-state index < -0.39 is 31.6 Å². The van der Waals surface area contributed by atoms with Gasteiger partial charge in [0.1, 0.15) is 12.2 Å². The van der Waals surface area contributed by atoms with E-state index in [9.17, 15) is 29.3 Å². The highest BCUT2D eigenvalue weighted by Gasteiger charge is 2.50. The molecule has 2 atom stereocenters. The second-order valence-electron chi connectivity index (χ2n) is 7.90. The lowest BCUT2D eigenvalue weighted by Crippen LogP contribution is -2.50. The molecule has 9 heteroatoms. The summed E-state index contributed by atoms with van der Waals surface area (Å²) in [6, 6.07) is 8.18. The van der Waals surface area contributed by atoms with E-state index in [0.29, 0.717) is 6.42 Å². The van der Waals surface area contributed by atoms with Gasteiger partial charge in [0.25, 0.3) is 5.91 Å². The first-order valence-electron chi connectivity index (χ1n) is 9.92. The van der Waals surface area contributed by atoms with Gasteiger partial charge in [-0.25, -0.2) is 9.79 Å². The van der Waals surface area contributed by atoms with Gasteiger partial charge in [0.15, 0.2) is 0 Å². The molecule has 30 heavy (non-hydrogen) atoms. The molecule has 0 saturated carbocycles. The number of carboxylic acids is 1. The van der Waals surface area contributed by atoms with E-state index in [4.69, 9.17) is 0 Å². The molecule has 0 radical (unpaired) electrons. The monoisotopic (exact) mass is 437 g/mol. The van der Waals surface area contributed by atoms with Crippen molar-refractivity contribution >= 4 is 25.5 Å². The minimum Gasteiger partial charge on any atom is -0.481 e. The molecule has 0 saturated heterocycles. The summed E-state index contributed by atoms with van der Waals surface area (Å²) in [6.07, 6.45) is 1.81. The van der Waals surface area contributed by atoms with Gasteiger partial charge in [-0.05, 0) is 30.4 Å². The van der Waals surface area contributed by atoms with Gasteiger partial charge in [0.2, 0.25) is 11.3 Å².